The summed E-state index contributed by atoms with van der Waals surface area (Å²) in [6.45, 7) is 6.53. The molecule has 0 spiro atoms. The molecule has 0 unspecified atom stereocenters. The smallest absolute Gasteiger partial charge is 0.162 e. The van der Waals surface area contributed by atoms with E-state index in [2.05, 4.69) is 11.6 Å². The van der Waals surface area contributed by atoms with Crippen molar-refractivity contribution in [3.05, 3.63) is 0 Å². The molecule has 0 atom stereocenters. The van der Waals surface area contributed by atoms with Crippen molar-refractivity contribution in [1.82, 2.24) is 5.32 Å². The maximum Gasteiger partial charge on any atom is 0.162 e. The van der Waals surface area contributed by atoms with Gasteiger partial charge in [0.25, 0.3) is 0 Å². The van der Waals surface area contributed by atoms with Gasteiger partial charge in [-0.1, -0.05) is 6.42 Å². The van der Waals surface area contributed by atoms with Crippen LogP contribution in [0.1, 0.15) is 33.1 Å². The summed E-state index contributed by atoms with van der Waals surface area (Å²) in [7, 11) is 0. The van der Waals surface area contributed by atoms with Crippen LogP contribution in [0.25, 0.3) is 0 Å². The van der Waals surface area contributed by atoms with Gasteiger partial charge in [0.05, 0.1) is 19.3 Å². The van der Waals surface area contributed by atoms with E-state index in [1.807, 2.05) is 25.6 Å². The molecular formula is C12H25NO2S. The minimum Gasteiger partial charge on any atom is -0.349 e. The lowest BCUT2D eigenvalue weighted by Crippen LogP contribution is -2.48. The first-order valence-electron chi connectivity index (χ1n) is 6.14. The Balaban J connectivity index is 1.94. The first-order valence-corrected chi connectivity index (χ1v) is 7.54. The summed E-state index contributed by atoms with van der Waals surface area (Å²) in [6, 6.07) is 0.369. The van der Waals surface area contributed by atoms with Crippen molar-refractivity contribution in [3.8, 4) is 0 Å². The van der Waals surface area contributed by atoms with Crippen LogP contribution in [-0.2, 0) is 9.47 Å². The van der Waals surface area contributed by atoms with Crippen molar-refractivity contribution >= 4 is 11.8 Å². The summed E-state index contributed by atoms with van der Waals surface area (Å²) in [6.07, 6.45) is 6.05. The predicted octanol–water partition coefficient (Wildman–Crippen LogP) is 2.26. The molecule has 0 aliphatic carbocycles. The van der Waals surface area contributed by atoms with Gasteiger partial charge in [0.1, 0.15) is 0 Å². The van der Waals surface area contributed by atoms with E-state index in [4.69, 9.17) is 9.47 Å². The van der Waals surface area contributed by atoms with Crippen LogP contribution in [0.5, 0.6) is 0 Å². The molecule has 3 nitrogen and oxygen atoms in total. The summed E-state index contributed by atoms with van der Waals surface area (Å²) < 4.78 is 11.2. The van der Waals surface area contributed by atoms with Crippen LogP contribution in [0.4, 0.5) is 0 Å². The molecule has 0 aromatic carbocycles. The molecule has 1 aliphatic heterocycles. The van der Waals surface area contributed by atoms with Crippen molar-refractivity contribution < 1.29 is 9.47 Å². The molecule has 0 amide bonds. The molecule has 1 heterocycles. The number of hydrogen-bond donors (Lipinski definition) is 1. The van der Waals surface area contributed by atoms with Crippen molar-refractivity contribution in [1.29, 1.82) is 0 Å². The normalized spacial score (nSPS) is 21.2. The molecule has 96 valence electrons. The third-order valence-corrected chi connectivity index (χ3v) is 3.42. The maximum absolute atomic E-state index is 5.59. The number of hydrogen-bond acceptors (Lipinski definition) is 4. The first-order chi connectivity index (χ1) is 7.64. The van der Waals surface area contributed by atoms with Gasteiger partial charge in [0.2, 0.25) is 0 Å². The lowest BCUT2D eigenvalue weighted by molar-refractivity contribution is -0.252. The van der Waals surface area contributed by atoms with Crippen molar-refractivity contribution in [3.63, 3.8) is 0 Å². The summed E-state index contributed by atoms with van der Waals surface area (Å²) in [5.74, 6) is 0.889. The lowest BCUT2D eigenvalue weighted by atomic mass is 10.2. The third kappa shape index (κ3) is 6.09. The van der Waals surface area contributed by atoms with Crippen molar-refractivity contribution in [2.75, 3.05) is 31.8 Å². The summed E-state index contributed by atoms with van der Waals surface area (Å²) in [4.78, 5) is 0. The van der Waals surface area contributed by atoms with E-state index in [1.54, 1.807) is 0 Å². The molecule has 0 radical (unpaired) electrons. The zero-order valence-corrected chi connectivity index (χ0v) is 11.6. The quantitative estimate of drug-likeness (QED) is 0.699. The Morgan fingerprint density at radius 3 is 2.50 bits per heavy atom. The van der Waals surface area contributed by atoms with Crippen molar-refractivity contribution in [2.45, 2.75) is 44.9 Å². The van der Waals surface area contributed by atoms with Gasteiger partial charge in [-0.3, -0.25) is 0 Å². The van der Waals surface area contributed by atoms with Gasteiger partial charge in [0.15, 0.2) is 5.79 Å². The molecule has 0 saturated carbocycles. The summed E-state index contributed by atoms with van der Waals surface area (Å²) >= 11 is 1.93. The Hall–Kier alpha value is 0.230. The number of ether oxygens (including phenoxy) is 2. The first kappa shape index (κ1) is 14.3. The van der Waals surface area contributed by atoms with E-state index in [1.165, 1.54) is 25.0 Å². The van der Waals surface area contributed by atoms with Crippen LogP contribution >= 0.6 is 11.8 Å². The summed E-state index contributed by atoms with van der Waals surface area (Å²) in [5.41, 5.74) is 0. The third-order valence-electron chi connectivity index (χ3n) is 2.72. The topological polar surface area (TPSA) is 30.5 Å². The van der Waals surface area contributed by atoms with Gasteiger partial charge < -0.3 is 14.8 Å². The van der Waals surface area contributed by atoms with E-state index in [0.717, 1.165) is 19.8 Å². The Labute approximate surface area is 104 Å². The fourth-order valence-corrected chi connectivity index (χ4v) is 2.16. The molecule has 0 aromatic rings. The molecule has 1 aliphatic rings. The minimum absolute atomic E-state index is 0.369. The second-order valence-electron chi connectivity index (χ2n) is 4.73. The second-order valence-corrected chi connectivity index (χ2v) is 5.71. The molecular weight excluding hydrogens is 222 g/mol. The molecule has 1 N–H and O–H groups in total. The highest BCUT2D eigenvalue weighted by Crippen LogP contribution is 2.16. The lowest BCUT2D eigenvalue weighted by Gasteiger charge is -2.35. The number of nitrogens with one attached hydrogen (secondary N) is 1. The Kier molecular flexibility index (Phi) is 6.73. The number of thioether (sulfide) groups is 1. The van der Waals surface area contributed by atoms with Crippen molar-refractivity contribution in [2.24, 2.45) is 0 Å². The van der Waals surface area contributed by atoms with Gasteiger partial charge in [-0.25, -0.2) is 0 Å². The van der Waals surface area contributed by atoms with Crippen LogP contribution in [0.2, 0.25) is 0 Å². The van der Waals surface area contributed by atoms with Gasteiger partial charge in [-0.05, 0) is 45.2 Å². The van der Waals surface area contributed by atoms with Crippen LogP contribution in [0.3, 0.4) is 0 Å². The average Bonchev–Trinajstić information content (AvgIpc) is 2.25. The maximum atomic E-state index is 5.59. The van der Waals surface area contributed by atoms with E-state index in [-0.39, 0.29) is 0 Å². The van der Waals surface area contributed by atoms with Gasteiger partial charge in [0, 0.05) is 0 Å². The standard InChI is InChI=1S/C12H25NO2S/c1-12(2)14-9-11(10-15-12)13-7-5-4-6-8-16-3/h11,13H,4-10H2,1-3H3. The van der Waals surface area contributed by atoms with Gasteiger partial charge in [-0.2, -0.15) is 11.8 Å². The number of rotatable bonds is 7. The molecule has 1 rings (SSSR count). The molecule has 0 aromatic heterocycles. The van der Waals surface area contributed by atoms with E-state index >= 15 is 0 Å². The highest BCUT2D eigenvalue weighted by molar-refractivity contribution is 7.98. The zero-order chi connectivity index (χ0) is 11.9. The Morgan fingerprint density at radius 1 is 1.19 bits per heavy atom. The zero-order valence-electron chi connectivity index (χ0n) is 10.8. The molecule has 0 bridgehead atoms. The van der Waals surface area contributed by atoms with Crippen LogP contribution in [-0.4, -0.2) is 43.6 Å². The SMILES string of the molecule is CSCCCCCNC1COC(C)(C)OC1. The minimum atomic E-state index is -0.392. The average molecular weight is 247 g/mol. The van der Waals surface area contributed by atoms with E-state index < -0.39 is 5.79 Å². The highest BCUT2D eigenvalue weighted by atomic mass is 32.2. The predicted molar refractivity (Wildman–Crippen MR) is 70.0 cm³/mol. The fraction of sp³-hybridized carbons (Fsp3) is 1.00. The van der Waals surface area contributed by atoms with Crippen LogP contribution < -0.4 is 5.32 Å². The monoisotopic (exact) mass is 247 g/mol. The van der Waals surface area contributed by atoms with Gasteiger partial charge >= 0.3 is 0 Å². The molecule has 4 heteroatoms. The molecule has 16 heavy (non-hydrogen) atoms. The van der Waals surface area contributed by atoms with Crippen LogP contribution in [0.15, 0.2) is 0 Å². The second kappa shape index (κ2) is 7.54. The summed E-state index contributed by atoms with van der Waals surface area (Å²) in [5, 5.41) is 3.48. The van der Waals surface area contributed by atoms with E-state index in [9.17, 15) is 0 Å². The number of unbranched alkanes of at least 4 members (excludes halogenated alkanes) is 2. The molecule has 1 saturated heterocycles. The van der Waals surface area contributed by atoms with Crippen LogP contribution in [0, 0.1) is 0 Å². The Bertz CT molecular complexity index is 178. The highest BCUT2D eigenvalue weighted by Gasteiger charge is 2.27. The van der Waals surface area contributed by atoms with E-state index in [0.29, 0.717) is 6.04 Å². The largest absolute Gasteiger partial charge is 0.349 e. The van der Waals surface area contributed by atoms with Gasteiger partial charge in [-0.15, -0.1) is 0 Å². The fourth-order valence-electron chi connectivity index (χ4n) is 1.66. The Morgan fingerprint density at radius 2 is 1.88 bits per heavy atom. The molecule has 1 fully saturated rings.